The number of hydrogen-bond donors (Lipinski definition) is 4. The summed E-state index contributed by atoms with van der Waals surface area (Å²) in [7, 11) is 1.75. The summed E-state index contributed by atoms with van der Waals surface area (Å²) in [5.74, 6) is -0.674. The Morgan fingerprint density at radius 1 is 1.42 bits per heavy atom. The van der Waals surface area contributed by atoms with Gasteiger partial charge in [-0.3, -0.25) is 4.68 Å². The fraction of sp³-hybridized carbons (Fsp3) is 0.600. The number of aromatic nitrogens is 3. The lowest BCUT2D eigenvalue weighted by atomic mass is 10.2. The zero-order chi connectivity index (χ0) is 14.3. The average Bonchev–Trinajstić information content (AvgIpc) is 2.74. The maximum atomic E-state index is 11.3. The monoisotopic (exact) mass is 271 g/mol. The molecule has 0 aliphatic heterocycles. The van der Waals surface area contributed by atoms with E-state index in [9.17, 15) is 9.59 Å². The van der Waals surface area contributed by atoms with Crippen LogP contribution in [0.1, 0.15) is 12.2 Å². The summed E-state index contributed by atoms with van der Waals surface area (Å²) in [5.41, 5.74) is 0. The number of nitrogens with one attached hydrogen (secondary N) is 2. The first kappa shape index (κ1) is 14.9. The second-order valence-corrected chi connectivity index (χ2v) is 3.91. The van der Waals surface area contributed by atoms with Crippen LogP contribution in [0.5, 0.6) is 0 Å². The number of amides is 2. The van der Waals surface area contributed by atoms with Crippen molar-refractivity contribution in [3.05, 3.63) is 12.2 Å². The minimum atomic E-state index is -1.46. The zero-order valence-corrected chi connectivity index (χ0v) is 10.5. The van der Waals surface area contributed by atoms with Crippen molar-refractivity contribution in [1.29, 1.82) is 0 Å². The van der Waals surface area contributed by atoms with Gasteiger partial charge in [-0.15, -0.1) is 0 Å². The van der Waals surface area contributed by atoms with Crippen molar-refractivity contribution >= 4 is 12.0 Å². The van der Waals surface area contributed by atoms with Crippen LogP contribution in [0.2, 0.25) is 0 Å². The predicted octanol–water partition coefficient (Wildman–Crippen LogP) is -1.51. The van der Waals surface area contributed by atoms with E-state index in [0.717, 1.165) is 0 Å². The van der Waals surface area contributed by atoms with Crippen molar-refractivity contribution in [3.63, 3.8) is 0 Å². The van der Waals surface area contributed by atoms with Gasteiger partial charge in [-0.2, -0.15) is 5.10 Å². The van der Waals surface area contributed by atoms with Crippen LogP contribution < -0.4 is 10.6 Å². The minimum absolute atomic E-state index is 0.0372. The van der Waals surface area contributed by atoms with Crippen LogP contribution in [0.15, 0.2) is 6.33 Å². The van der Waals surface area contributed by atoms with E-state index in [-0.39, 0.29) is 13.0 Å². The average molecular weight is 271 g/mol. The van der Waals surface area contributed by atoms with Gasteiger partial charge in [0.2, 0.25) is 0 Å². The lowest BCUT2D eigenvalue weighted by molar-refractivity contribution is -0.146. The van der Waals surface area contributed by atoms with E-state index in [2.05, 4.69) is 20.7 Å². The van der Waals surface area contributed by atoms with Gasteiger partial charge >= 0.3 is 12.0 Å². The van der Waals surface area contributed by atoms with Gasteiger partial charge in [0.05, 0.1) is 0 Å². The molecule has 1 heterocycles. The van der Waals surface area contributed by atoms with E-state index in [1.165, 1.54) is 0 Å². The number of aliphatic carboxylic acids is 1. The first-order valence-electron chi connectivity index (χ1n) is 5.76. The molecular formula is C10H17N5O4. The Kier molecular flexibility index (Phi) is 5.73. The third kappa shape index (κ3) is 5.82. The highest BCUT2D eigenvalue weighted by Gasteiger charge is 2.12. The van der Waals surface area contributed by atoms with Crippen LogP contribution in [0, 0.1) is 0 Å². The molecule has 106 valence electrons. The molecule has 0 saturated heterocycles. The number of carboxylic acids is 1. The van der Waals surface area contributed by atoms with Gasteiger partial charge in [0.1, 0.15) is 6.33 Å². The van der Waals surface area contributed by atoms with Crippen molar-refractivity contribution in [1.82, 2.24) is 25.4 Å². The molecule has 1 aromatic rings. The molecule has 0 aliphatic rings. The van der Waals surface area contributed by atoms with Gasteiger partial charge in [0.25, 0.3) is 0 Å². The molecule has 1 rings (SSSR count). The summed E-state index contributed by atoms with van der Waals surface area (Å²) in [6.45, 7) is 0.457. The SMILES string of the molecule is Cn1cnc(CCNC(=O)NCC[C@H](O)C(=O)O)n1. The van der Waals surface area contributed by atoms with E-state index in [1.807, 2.05) is 0 Å². The minimum Gasteiger partial charge on any atom is -0.479 e. The first-order valence-corrected chi connectivity index (χ1v) is 5.76. The third-order valence-corrected chi connectivity index (χ3v) is 2.27. The molecule has 0 aliphatic carbocycles. The lowest BCUT2D eigenvalue weighted by Gasteiger charge is -2.08. The van der Waals surface area contributed by atoms with Crippen molar-refractivity contribution in [3.8, 4) is 0 Å². The molecule has 0 unspecified atom stereocenters. The van der Waals surface area contributed by atoms with Gasteiger partial charge in [-0.25, -0.2) is 14.6 Å². The molecule has 1 atom stereocenters. The number of urea groups is 1. The summed E-state index contributed by atoms with van der Waals surface area (Å²) in [6, 6.07) is -0.423. The number of carboxylic acid groups (broad SMARTS) is 1. The molecule has 0 radical (unpaired) electrons. The number of carbonyl (C=O) groups is 2. The largest absolute Gasteiger partial charge is 0.479 e. The maximum absolute atomic E-state index is 11.3. The predicted molar refractivity (Wildman–Crippen MR) is 64.4 cm³/mol. The highest BCUT2D eigenvalue weighted by molar-refractivity contribution is 5.74. The van der Waals surface area contributed by atoms with Gasteiger partial charge in [-0.05, 0) is 0 Å². The van der Waals surface area contributed by atoms with Gasteiger partial charge < -0.3 is 20.8 Å². The van der Waals surface area contributed by atoms with Crippen LogP contribution in [0.4, 0.5) is 4.79 Å². The Labute approximate surface area is 109 Å². The van der Waals surface area contributed by atoms with Gasteiger partial charge in [0.15, 0.2) is 11.9 Å². The normalized spacial score (nSPS) is 11.9. The quantitative estimate of drug-likeness (QED) is 0.477. The molecule has 9 heteroatoms. The second kappa shape index (κ2) is 7.31. The molecule has 2 amide bonds. The second-order valence-electron chi connectivity index (χ2n) is 3.91. The number of hydrogen-bond acceptors (Lipinski definition) is 5. The highest BCUT2D eigenvalue weighted by Crippen LogP contribution is 1.90. The number of aliphatic hydroxyl groups excluding tert-OH is 1. The Bertz CT molecular complexity index is 433. The highest BCUT2D eigenvalue weighted by atomic mass is 16.4. The third-order valence-electron chi connectivity index (χ3n) is 2.27. The van der Waals surface area contributed by atoms with Crippen LogP contribution in [0.25, 0.3) is 0 Å². The number of carbonyl (C=O) groups excluding carboxylic acids is 1. The number of aryl methyl sites for hydroxylation is 1. The van der Waals surface area contributed by atoms with Gasteiger partial charge in [0, 0.05) is 33.0 Å². The van der Waals surface area contributed by atoms with Crippen molar-refractivity contribution in [2.24, 2.45) is 7.05 Å². The molecule has 1 aromatic heterocycles. The van der Waals surface area contributed by atoms with E-state index < -0.39 is 18.1 Å². The molecule has 4 N–H and O–H groups in total. The summed E-state index contributed by atoms with van der Waals surface area (Å²) >= 11 is 0. The number of aliphatic hydroxyl groups is 1. The molecule has 0 saturated carbocycles. The molecular weight excluding hydrogens is 254 g/mol. The van der Waals surface area contributed by atoms with E-state index in [1.54, 1.807) is 18.1 Å². The van der Waals surface area contributed by atoms with E-state index >= 15 is 0 Å². The zero-order valence-electron chi connectivity index (χ0n) is 10.5. The Hall–Kier alpha value is -2.16. The summed E-state index contributed by atoms with van der Waals surface area (Å²) in [4.78, 5) is 25.6. The summed E-state index contributed by atoms with van der Waals surface area (Å²) in [6.07, 6.45) is 0.581. The molecule has 9 nitrogen and oxygen atoms in total. The number of rotatable bonds is 7. The molecule has 0 spiro atoms. The standard InChI is InChI=1S/C10H17N5O4/c1-15-6-13-8(14-15)3-5-12-10(19)11-4-2-7(16)9(17)18/h6-7,16H,2-5H2,1H3,(H,17,18)(H2,11,12,19)/t7-/m0/s1. The van der Waals surface area contributed by atoms with Gasteiger partial charge in [-0.1, -0.05) is 0 Å². The van der Waals surface area contributed by atoms with E-state index in [0.29, 0.717) is 18.8 Å². The topological polar surface area (TPSA) is 129 Å². The Morgan fingerprint density at radius 3 is 2.68 bits per heavy atom. The molecule has 0 bridgehead atoms. The van der Waals surface area contributed by atoms with Crippen LogP contribution in [-0.4, -0.2) is 56.2 Å². The summed E-state index contributed by atoms with van der Waals surface area (Å²) in [5, 5.41) is 26.5. The van der Waals surface area contributed by atoms with Crippen molar-refractivity contribution < 1.29 is 19.8 Å². The lowest BCUT2D eigenvalue weighted by Crippen LogP contribution is -2.38. The van der Waals surface area contributed by atoms with Crippen molar-refractivity contribution in [2.45, 2.75) is 18.9 Å². The Morgan fingerprint density at radius 2 is 2.11 bits per heavy atom. The van der Waals surface area contributed by atoms with Crippen LogP contribution in [-0.2, 0) is 18.3 Å². The smallest absolute Gasteiger partial charge is 0.332 e. The number of nitrogens with zero attached hydrogens (tertiary/aromatic N) is 3. The molecule has 0 aromatic carbocycles. The first-order chi connectivity index (χ1) is 8.99. The summed E-state index contributed by atoms with van der Waals surface area (Å²) < 4.78 is 1.57. The fourth-order valence-electron chi connectivity index (χ4n) is 1.29. The van der Waals surface area contributed by atoms with Crippen LogP contribution in [0.3, 0.4) is 0 Å². The van der Waals surface area contributed by atoms with E-state index in [4.69, 9.17) is 10.2 Å². The fourth-order valence-corrected chi connectivity index (χ4v) is 1.29. The Balaban J connectivity index is 2.10. The van der Waals surface area contributed by atoms with Crippen molar-refractivity contribution in [2.75, 3.05) is 13.1 Å². The molecule has 0 fully saturated rings. The van der Waals surface area contributed by atoms with Crippen LogP contribution >= 0.6 is 0 Å². The maximum Gasteiger partial charge on any atom is 0.332 e. The molecule has 19 heavy (non-hydrogen) atoms.